The lowest BCUT2D eigenvalue weighted by molar-refractivity contribution is -0.156. The largest absolute Gasteiger partial charge is 0.455 e. The third kappa shape index (κ3) is 3.80. The van der Waals surface area contributed by atoms with Gasteiger partial charge in [-0.15, -0.1) is 0 Å². The van der Waals surface area contributed by atoms with E-state index >= 15 is 0 Å². The van der Waals surface area contributed by atoms with Crippen molar-refractivity contribution in [3.8, 4) is 0 Å². The third-order valence-corrected chi connectivity index (χ3v) is 5.28. The van der Waals surface area contributed by atoms with E-state index in [-0.39, 0.29) is 12.4 Å². The Morgan fingerprint density at radius 2 is 1.88 bits per heavy atom. The van der Waals surface area contributed by atoms with Gasteiger partial charge in [0.05, 0.1) is 5.41 Å². The zero-order chi connectivity index (χ0) is 18.7. The Bertz CT molecular complexity index is 831. The number of hydrogen-bond acceptors (Lipinski definition) is 3. The second kappa shape index (κ2) is 7.58. The van der Waals surface area contributed by atoms with Gasteiger partial charge in [-0.2, -0.15) is 0 Å². The maximum Gasteiger partial charge on any atom is 0.317 e. The predicted octanol–water partition coefficient (Wildman–Crippen LogP) is 4.50. The van der Waals surface area contributed by atoms with E-state index in [4.69, 9.17) is 4.74 Å². The highest BCUT2D eigenvalue weighted by molar-refractivity contribution is 9.10. The number of esters is 1. The number of aryl methyl sites for hydroxylation is 1. The van der Waals surface area contributed by atoms with Gasteiger partial charge in [0.25, 0.3) is 5.91 Å². The quantitative estimate of drug-likeness (QED) is 0.725. The second-order valence-corrected chi connectivity index (χ2v) is 7.44. The Hall–Kier alpha value is -2.21. The topological polar surface area (TPSA) is 55.4 Å². The van der Waals surface area contributed by atoms with E-state index < -0.39 is 17.3 Å². The van der Waals surface area contributed by atoms with Crippen molar-refractivity contribution in [1.82, 2.24) is 0 Å². The molecule has 2 aromatic rings. The summed E-state index contributed by atoms with van der Waals surface area (Å²) in [5.41, 5.74) is 1.55. The molecule has 0 atom stereocenters. The fourth-order valence-corrected chi connectivity index (χ4v) is 3.61. The standard InChI is InChI=1S/C20H19BrFNO3/c1-13-11-15(21)5-8-17(13)23-18(24)12-26-19(25)20(9-2-10-20)14-3-6-16(22)7-4-14/h3-8,11H,2,9-10,12H2,1H3,(H,23,24). The summed E-state index contributed by atoms with van der Waals surface area (Å²) < 4.78 is 19.3. The van der Waals surface area contributed by atoms with Crippen LogP contribution in [-0.2, 0) is 19.7 Å². The van der Waals surface area contributed by atoms with Crippen LogP contribution in [0.15, 0.2) is 46.9 Å². The van der Waals surface area contributed by atoms with Crippen molar-refractivity contribution in [2.24, 2.45) is 0 Å². The number of halogens is 2. The number of rotatable bonds is 5. The summed E-state index contributed by atoms with van der Waals surface area (Å²) in [6, 6.07) is 11.4. The van der Waals surface area contributed by atoms with Crippen LogP contribution in [0.25, 0.3) is 0 Å². The molecule has 1 fully saturated rings. The van der Waals surface area contributed by atoms with Crippen LogP contribution in [0.4, 0.5) is 10.1 Å². The van der Waals surface area contributed by atoms with Crippen LogP contribution in [0.5, 0.6) is 0 Å². The molecule has 0 radical (unpaired) electrons. The number of carbonyl (C=O) groups is 2. The lowest BCUT2D eigenvalue weighted by Gasteiger charge is -2.39. The molecular formula is C20H19BrFNO3. The minimum atomic E-state index is -0.762. The molecule has 1 aliphatic rings. The number of carbonyl (C=O) groups excluding carboxylic acids is 2. The number of hydrogen-bond donors (Lipinski definition) is 1. The van der Waals surface area contributed by atoms with Crippen molar-refractivity contribution in [3.05, 3.63) is 63.9 Å². The summed E-state index contributed by atoms with van der Waals surface area (Å²) in [5, 5.41) is 2.74. The molecule has 0 bridgehead atoms. The molecule has 0 aromatic heterocycles. The highest BCUT2D eigenvalue weighted by atomic mass is 79.9. The van der Waals surface area contributed by atoms with Gasteiger partial charge in [-0.3, -0.25) is 9.59 Å². The van der Waals surface area contributed by atoms with Crippen molar-refractivity contribution >= 4 is 33.5 Å². The lowest BCUT2D eigenvalue weighted by Crippen LogP contribution is -2.44. The number of anilines is 1. The molecule has 0 unspecified atom stereocenters. The summed E-state index contributed by atoms with van der Waals surface area (Å²) >= 11 is 3.37. The first-order valence-electron chi connectivity index (χ1n) is 8.40. The van der Waals surface area contributed by atoms with E-state index in [9.17, 15) is 14.0 Å². The molecule has 3 rings (SSSR count). The molecule has 6 heteroatoms. The molecule has 0 saturated heterocycles. The molecule has 1 saturated carbocycles. The van der Waals surface area contributed by atoms with Gasteiger partial charge in [-0.05, 0) is 61.2 Å². The van der Waals surface area contributed by atoms with Gasteiger partial charge in [0.1, 0.15) is 5.82 Å². The van der Waals surface area contributed by atoms with Gasteiger partial charge < -0.3 is 10.1 Å². The third-order valence-electron chi connectivity index (χ3n) is 4.79. The molecule has 4 nitrogen and oxygen atoms in total. The zero-order valence-electron chi connectivity index (χ0n) is 14.4. The molecule has 1 N–H and O–H groups in total. The minimum absolute atomic E-state index is 0.346. The van der Waals surface area contributed by atoms with Crippen molar-refractivity contribution in [2.45, 2.75) is 31.6 Å². The maximum absolute atomic E-state index is 13.1. The molecule has 1 amide bonds. The molecule has 0 aliphatic heterocycles. The Kier molecular flexibility index (Phi) is 5.41. The van der Waals surface area contributed by atoms with E-state index in [0.717, 1.165) is 22.0 Å². The van der Waals surface area contributed by atoms with E-state index in [1.54, 1.807) is 18.2 Å². The lowest BCUT2D eigenvalue weighted by atomic mass is 9.64. The zero-order valence-corrected chi connectivity index (χ0v) is 15.9. The van der Waals surface area contributed by atoms with Gasteiger partial charge in [-0.1, -0.05) is 34.5 Å². The summed E-state index contributed by atoms with van der Waals surface area (Å²) in [5.74, 6) is -1.17. The van der Waals surface area contributed by atoms with Gasteiger partial charge in [0.15, 0.2) is 6.61 Å². The van der Waals surface area contributed by atoms with E-state index in [1.165, 1.54) is 12.1 Å². The van der Waals surface area contributed by atoms with Crippen LogP contribution in [0.1, 0.15) is 30.4 Å². The fourth-order valence-electron chi connectivity index (χ4n) is 3.13. The van der Waals surface area contributed by atoms with Gasteiger partial charge in [-0.25, -0.2) is 4.39 Å². The average Bonchev–Trinajstić information content (AvgIpc) is 2.56. The van der Waals surface area contributed by atoms with Crippen molar-refractivity contribution in [3.63, 3.8) is 0 Å². The van der Waals surface area contributed by atoms with Crippen LogP contribution in [0, 0.1) is 12.7 Å². The van der Waals surface area contributed by atoms with Gasteiger partial charge in [0.2, 0.25) is 0 Å². The molecule has 136 valence electrons. The molecule has 26 heavy (non-hydrogen) atoms. The van der Waals surface area contributed by atoms with E-state index in [0.29, 0.717) is 18.5 Å². The highest BCUT2D eigenvalue weighted by Crippen LogP contribution is 2.44. The first-order valence-corrected chi connectivity index (χ1v) is 9.19. The number of amides is 1. The van der Waals surface area contributed by atoms with Crippen molar-refractivity contribution < 1.29 is 18.7 Å². The van der Waals surface area contributed by atoms with E-state index in [1.807, 2.05) is 19.1 Å². The Morgan fingerprint density at radius 3 is 2.46 bits per heavy atom. The Morgan fingerprint density at radius 1 is 1.19 bits per heavy atom. The first-order chi connectivity index (χ1) is 12.4. The van der Waals surface area contributed by atoms with Crippen molar-refractivity contribution in [1.29, 1.82) is 0 Å². The maximum atomic E-state index is 13.1. The summed E-state index contributed by atoms with van der Waals surface area (Å²) in [6.07, 6.45) is 2.19. The monoisotopic (exact) mass is 419 g/mol. The highest BCUT2D eigenvalue weighted by Gasteiger charge is 2.47. The summed E-state index contributed by atoms with van der Waals surface area (Å²) in [7, 11) is 0. The van der Waals surface area contributed by atoms with Crippen LogP contribution in [0.3, 0.4) is 0 Å². The molecule has 0 heterocycles. The number of ether oxygens (including phenoxy) is 1. The Labute approximate surface area is 159 Å². The molecule has 1 aliphatic carbocycles. The summed E-state index contributed by atoms with van der Waals surface area (Å²) in [6.45, 7) is 1.53. The Balaban J connectivity index is 1.62. The van der Waals surface area contributed by atoms with Crippen LogP contribution in [-0.4, -0.2) is 18.5 Å². The van der Waals surface area contributed by atoms with Gasteiger partial charge >= 0.3 is 5.97 Å². The second-order valence-electron chi connectivity index (χ2n) is 6.53. The summed E-state index contributed by atoms with van der Waals surface area (Å²) in [4.78, 5) is 24.7. The minimum Gasteiger partial charge on any atom is -0.455 e. The number of nitrogens with one attached hydrogen (secondary N) is 1. The first kappa shape index (κ1) is 18.6. The average molecular weight is 420 g/mol. The fraction of sp³-hybridized carbons (Fsp3) is 0.300. The van der Waals surface area contributed by atoms with Crippen LogP contribution < -0.4 is 5.32 Å². The predicted molar refractivity (Wildman–Crippen MR) is 100 cm³/mol. The van der Waals surface area contributed by atoms with Crippen molar-refractivity contribution in [2.75, 3.05) is 11.9 Å². The molecule has 0 spiro atoms. The van der Waals surface area contributed by atoms with Crippen LogP contribution in [0.2, 0.25) is 0 Å². The SMILES string of the molecule is Cc1cc(Br)ccc1NC(=O)COC(=O)C1(c2ccc(F)cc2)CCC1. The van der Waals surface area contributed by atoms with Crippen LogP contribution >= 0.6 is 15.9 Å². The molecular weight excluding hydrogens is 401 g/mol. The normalized spacial score (nSPS) is 15.0. The van der Waals surface area contributed by atoms with E-state index in [2.05, 4.69) is 21.2 Å². The molecule has 2 aromatic carbocycles. The van der Waals surface area contributed by atoms with Gasteiger partial charge in [0, 0.05) is 10.2 Å². The smallest absolute Gasteiger partial charge is 0.317 e. The number of benzene rings is 2.